The molecular weight excluding hydrogens is 258 g/mol. The van der Waals surface area contributed by atoms with Gasteiger partial charge in [-0.2, -0.15) is 0 Å². The molecule has 0 saturated carbocycles. The van der Waals surface area contributed by atoms with Crippen LogP contribution in [0.4, 0.5) is 5.69 Å². The van der Waals surface area contributed by atoms with E-state index < -0.39 is 0 Å². The molecule has 0 heterocycles. The van der Waals surface area contributed by atoms with Gasteiger partial charge in [0.15, 0.2) is 5.78 Å². The third-order valence-electron chi connectivity index (χ3n) is 2.89. The van der Waals surface area contributed by atoms with Gasteiger partial charge in [-0.25, -0.2) is 0 Å². The van der Waals surface area contributed by atoms with Gasteiger partial charge in [0.05, 0.1) is 0 Å². The summed E-state index contributed by atoms with van der Waals surface area (Å²) in [6, 6.07) is 15.6. The first-order valence-electron chi connectivity index (χ1n) is 6.24. The number of Topliss-reactive ketones (excluding diaryl/α,β-unsaturated/α-hetero) is 1. The van der Waals surface area contributed by atoms with Gasteiger partial charge in [0.2, 0.25) is 0 Å². The summed E-state index contributed by atoms with van der Waals surface area (Å²) in [6.07, 6.45) is 0.933. The number of carbonyl (C=O) groups excluding carboxylic acids is 1. The van der Waals surface area contributed by atoms with E-state index in [2.05, 4.69) is 17.4 Å². The van der Waals surface area contributed by atoms with Crippen LogP contribution in [0.25, 0.3) is 0 Å². The maximum atomic E-state index is 11.4. The predicted octanol–water partition coefficient (Wildman–Crippen LogP) is 4.20. The molecule has 2 nitrogen and oxygen atoms in total. The number of ketones is 1. The van der Waals surface area contributed by atoms with Crippen LogP contribution in [-0.4, -0.2) is 12.3 Å². The number of hydrogen-bond donors (Lipinski definition) is 1. The smallest absolute Gasteiger partial charge is 0.159 e. The second kappa shape index (κ2) is 6.39. The van der Waals surface area contributed by atoms with Gasteiger partial charge >= 0.3 is 0 Å². The quantitative estimate of drug-likeness (QED) is 0.828. The van der Waals surface area contributed by atoms with Gasteiger partial charge < -0.3 is 5.32 Å². The van der Waals surface area contributed by atoms with E-state index >= 15 is 0 Å². The van der Waals surface area contributed by atoms with Gasteiger partial charge in [-0.3, -0.25) is 4.79 Å². The molecule has 0 aliphatic heterocycles. The van der Waals surface area contributed by atoms with E-state index in [4.69, 9.17) is 11.6 Å². The van der Waals surface area contributed by atoms with Crippen LogP contribution in [0.1, 0.15) is 22.8 Å². The van der Waals surface area contributed by atoms with Crippen LogP contribution >= 0.6 is 11.6 Å². The average molecular weight is 274 g/mol. The molecule has 0 radical (unpaired) electrons. The van der Waals surface area contributed by atoms with Crippen molar-refractivity contribution in [3.8, 4) is 0 Å². The second-order valence-corrected chi connectivity index (χ2v) is 4.88. The number of hydrogen-bond acceptors (Lipinski definition) is 2. The minimum absolute atomic E-state index is 0.0219. The van der Waals surface area contributed by atoms with E-state index in [1.165, 1.54) is 5.56 Å². The zero-order valence-corrected chi connectivity index (χ0v) is 11.6. The molecule has 0 spiro atoms. The fourth-order valence-corrected chi connectivity index (χ4v) is 2.13. The highest BCUT2D eigenvalue weighted by atomic mass is 35.5. The molecule has 0 aliphatic carbocycles. The monoisotopic (exact) mass is 273 g/mol. The molecule has 0 atom stereocenters. The van der Waals surface area contributed by atoms with Gasteiger partial charge in [-0.05, 0) is 37.1 Å². The van der Waals surface area contributed by atoms with Crippen molar-refractivity contribution >= 4 is 23.1 Å². The van der Waals surface area contributed by atoms with Crippen molar-refractivity contribution in [3.63, 3.8) is 0 Å². The van der Waals surface area contributed by atoms with Crippen molar-refractivity contribution in [3.05, 3.63) is 64.7 Å². The molecule has 1 N–H and O–H groups in total. The van der Waals surface area contributed by atoms with Gasteiger partial charge in [-0.1, -0.05) is 41.9 Å². The molecule has 19 heavy (non-hydrogen) atoms. The first kappa shape index (κ1) is 13.6. The Kier molecular flexibility index (Phi) is 4.58. The second-order valence-electron chi connectivity index (χ2n) is 4.45. The van der Waals surface area contributed by atoms with E-state index in [9.17, 15) is 4.79 Å². The zero-order valence-electron chi connectivity index (χ0n) is 10.8. The maximum Gasteiger partial charge on any atom is 0.159 e. The zero-order chi connectivity index (χ0) is 13.7. The molecule has 3 heteroatoms. The minimum atomic E-state index is 0.0219. The molecule has 0 bridgehead atoms. The normalized spacial score (nSPS) is 10.2. The molecule has 2 aromatic carbocycles. The highest BCUT2D eigenvalue weighted by Crippen LogP contribution is 2.19. The number of anilines is 1. The summed E-state index contributed by atoms with van der Waals surface area (Å²) < 4.78 is 0. The van der Waals surface area contributed by atoms with Crippen molar-refractivity contribution in [1.82, 2.24) is 0 Å². The molecule has 0 aromatic heterocycles. The Balaban J connectivity index is 1.98. The summed E-state index contributed by atoms with van der Waals surface area (Å²) in [5.74, 6) is 0.0219. The Morgan fingerprint density at radius 3 is 2.58 bits per heavy atom. The number of benzene rings is 2. The average Bonchev–Trinajstić information content (AvgIpc) is 2.39. The molecule has 0 saturated heterocycles. The molecule has 98 valence electrons. The van der Waals surface area contributed by atoms with E-state index in [1.54, 1.807) is 13.0 Å². The van der Waals surface area contributed by atoms with Crippen molar-refractivity contribution in [2.24, 2.45) is 0 Å². The first-order chi connectivity index (χ1) is 9.15. The van der Waals surface area contributed by atoms with Crippen LogP contribution in [-0.2, 0) is 6.42 Å². The number of carbonyl (C=O) groups is 1. The topological polar surface area (TPSA) is 29.1 Å². The highest BCUT2D eigenvalue weighted by Gasteiger charge is 2.03. The fourth-order valence-electron chi connectivity index (χ4n) is 1.89. The summed E-state index contributed by atoms with van der Waals surface area (Å²) >= 11 is 6.00. The van der Waals surface area contributed by atoms with Crippen LogP contribution < -0.4 is 5.32 Å². The highest BCUT2D eigenvalue weighted by molar-refractivity contribution is 6.31. The van der Waals surface area contributed by atoms with Gasteiger partial charge in [0.25, 0.3) is 0 Å². The lowest BCUT2D eigenvalue weighted by molar-refractivity contribution is 0.101. The van der Waals surface area contributed by atoms with Gasteiger partial charge in [-0.15, -0.1) is 0 Å². The van der Waals surface area contributed by atoms with Crippen LogP contribution in [0.2, 0.25) is 5.02 Å². The number of rotatable bonds is 5. The predicted molar refractivity (Wildman–Crippen MR) is 80.1 cm³/mol. The van der Waals surface area contributed by atoms with Crippen LogP contribution in [0.15, 0.2) is 48.5 Å². The summed E-state index contributed by atoms with van der Waals surface area (Å²) in [4.78, 5) is 11.4. The number of halogens is 1. The molecule has 0 unspecified atom stereocenters. The Bertz CT molecular complexity index is 566. The molecule has 2 rings (SSSR count). The Hall–Kier alpha value is -1.80. The van der Waals surface area contributed by atoms with E-state index in [1.807, 2.05) is 30.3 Å². The lowest BCUT2D eigenvalue weighted by Crippen LogP contribution is -2.05. The van der Waals surface area contributed by atoms with Crippen LogP contribution in [0.3, 0.4) is 0 Å². The Morgan fingerprint density at radius 1 is 1.16 bits per heavy atom. The molecule has 0 amide bonds. The van der Waals surface area contributed by atoms with E-state index in [-0.39, 0.29) is 5.78 Å². The lowest BCUT2D eigenvalue weighted by Gasteiger charge is -2.08. The van der Waals surface area contributed by atoms with Crippen molar-refractivity contribution in [1.29, 1.82) is 0 Å². The SMILES string of the molecule is CC(=O)c1cc(Cl)cc(NCCc2ccccc2)c1. The molecule has 0 fully saturated rings. The molecular formula is C16H16ClNO. The van der Waals surface area contributed by atoms with Crippen molar-refractivity contribution < 1.29 is 4.79 Å². The maximum absolute atomic E-state index is 11.4. The summed E-state index contributed by atoms with van der Waals surface area (Å²) in [5.41, 5.74) is 2.80. The minimum Gasteiger partial charge on any atom is -0.385 e. The van der Waals surface area contributed by atoms with Gasteiger partial charge in [0, 0.05) is 22.8 Å². The van der Waals surface area contributed by atoms with Crippen molar-refractivity contribution in [2.45, 2.75) is 13.3 Å². The Morgan fingerprint density at radius 2 is 1.89 bits per heavy atom. The van der Waals surface area contributed by atoms with Crippen LogP contribution in [0, 0.1) is 0 Å². The third kappa shape index (κ3) is 4.11. The van der Waals surface area contributed by atoms with E-state index in [0.717, 1.165) is 18.7 Å². The van der Waals surface area contributed by atoms with Crippen molar-refractivity contribution in [2.75, 3.05) is 11.9 Å². The van der Waals surface area contributed by atoms with Crippen LogP contribution in [0.5, 0.6) is 0 Å². The fraction of sp³-hybridized carbons (Fsp3) is 0.188. The summed E-state index contributed by atoms with van der Waals surface area (Å²) in [6.45, 7) is 2.35. The standard InChI is InChI=1S/C16H16ClNO/c1-12(19)14-9-15(17)11-16(10-14)18-8-7-13-5-3-2-4-6-13/h2-6,9-11,18H,7-8H2,1H3. The number of nitrogens with one attached hydrogen (secondary N) is 1. The molecule has 2 aromatic rings. The summed E-state index contributed by atoms with van der Waals surface area (Å²) in [5, 5.41) is 3.87. The summed E-state index contributed by atoms with van der Waals surface area (Å²) in [7, 11) is 0. The largest absolute Gasteiger partial charge is 0.385 e. The van der Waals surface area contributed by atoms with Gasteiger partial charge in [0.1, 0.15) is 0 Å². The lowest BCUT2D eigenvalue weighted by atomic mass is 10.1. The third-order valence-corrected chi connectivity index (χ3v) is 3.11. The molecule has 0 aliphatic rings. The van der Waals surface area contributed by atoms with E-state index in [0.29, 0.717) is 10.6 Å². The first-order valence-corrected chi connectivity index (χ1v) is 6.62. The Labute approximate surface area is 118 Å².